The molecule has 5 nitrogen and oxygen atoms in total. The SMILES string of the molecule is CCCCC1C(C)CCCN1C(=O)c1csc(C2CCN(CCCN3CCCC3=O)CC2)c1. The number of piperidine rings is 2. The third-order valence-corrected chi connectivity index (χ3v) is 9.26. The highest BCUT2D eigenvalue weighted by molar-refractivity contribution is 7.10. The maximum atomic E-state index is 13.4. The first kappa shape index (κ1) is 24.7. The number of thiophene rings is 1. The molecule has 2 atom stereocenters. The molecule has 4 rings (SSSR count). The van der Waals surface area contributed by atoms with Gasteiger partial charge in [0.2, 0.25) is 5.91 Å². The monoisotopic (exact) mass is 473 g/mol. The summed E-state index contributed by atoms with van der Waals surface area (Å²) in [6, 6.07) is 2.62. The van der Waals surface area contributed by atoms with Crippen LogP contribution in [0, 0.1) is 5.92 Å². The maximum Gasteiger partial charge on any atom is 0.254 e. The molecule has 4 heterocycles. The topological polar surface area (TPSA) is 43.9 Å². The maximum absolute atomic E-state index is 13.4. The summed E-state index contributed by atoms with van der Waals surface area (Å²) in [6.45, 7) is 10.7. The largest absolute Gasteiger partial charge is 0.343 e. The lowest BCUT2D eigenvalue weighted by molar-refractivity contribution is -0.127. The van der Waals surface area contributed by atoms with Crippen LogP contribution < -0.4 is 0 Å². The van der Waals surface area contributed by atoms with E-state index in [2.05, 4.69) is 35.1 Å². The van der Waals surface area contributed by atoms with Crippen molar-refractivity contribution in [1.29, 1.82) is 0 Å². The van der Waals surface area contributed by atoms with E-state index in [1.165, 1.54) is 37.0 Å². The molecule has 3 saturated heterocycles. The summed E-state index contributed by atoms with van der Waals surface area (Å²) in [7, 11) is 0. The molecule has 3 aliphatic rings. The second-order valence-electron chi connectivity index (χ2n) is 10.5. The van der Waals surface area contributed by atoms with Gasteiger partial charge in [-0.05, 0) is 82.5 Å². The molecule has 3 aliphatic heterocycles. The fourth-order valence-corrected chi connectivity index (χ4v) is 7.12. The average molecular weight is 474 g/mol. The number of likely N-dealkylation sites (tertiary alicyclic amines) is 3. The van der Waals surface area contributed by atoms with E-state index in [4.69, 9.17) is 0 Å². The van der Waals surface area contributed by atoms with Gasteiger partial charge < -0.3 is 14.7 Å². The number of carbonyl (C=O) groups is 2. The first-order valence-electron chi connectivity index (χ1n) is 13.5. The third kappa shape index (κ3) is 6.19. The van der Waals surface area contributed by atoms with Crippen molar-refractivity contribution in [1.82, 2.24) is 14.7 Å². The standard InChI is InChI=1S/C27H43N3O2S/c1-3-4-9-24-21(2)8-5-16-30(24)27(32)23-19-25(33-20-23)22-11-17-28(18-12-22)13-7-15-29-14-6-10-26(29)31/h19-22,24H,3-18H2,1-2H3. The molecule has 2 unspecified atom stereocenters. The van der Waals surface area contributed by atoms with E-state index in [-0.39, 0.29) is 5.91 Å². The molecule has 0 spiro atoms. The van der Waals surface area contributed by atoms with Gasteiger partial charge in [-0.1, -0.05) is 26.7 Å². The van der Waals surface area contributed by atoms with Crippen LogP contribution in [0.3, 0.4) is 0 Å². The Labute approximate surface area is 204 Å². The van der Waals surface area contributed by atoms with Crippen LogP contribution in [0.2, 0.25) is 0 Å². The number of carbonyl (C=O) groups excluding carboxylic acids is 2. The molecule has 6 heteroatoms. The summed E-state index contributed by atoms with van der Waals surface area (Å²) in [5, 5.41) is 2.12. The van der Waals surface area contributed by atoms with Gasteiger partial charge in [0.15, 0.2) is 0 Å². The number of amides is 2. The number of hydrogen-bond donors (Lipinski definition) is 0. The summed E-state index contributed by atoms with van der Waals surface area (Å²) in [5.74, 6) is 1.80. The summed E-state index contributed by atoms with van der Waals surface area (Å²) < 4.78 is 0. The predicted molar refractivity (Wildman–Crippen MR) is 136 cm³/mol. The van der Waals surface area contributed by atoms with Gasteiger partial charge in [-0.25, -0.2) is 0 Å². The Balaban J connectivity index is 1.26. The van der Waals surface area contributed by atoms with Gasteiger partial charge in [-0.15, -0.1) is 11.3 Å². The lowest BCUT2D eigenvalue weighted by Gasteiger charge is -2.40. The molecular weight excluding hydrogens is 430 g/mol. The molecule has 0 aliphatic carbocycles. The second-order valence-corrected chi connectivity index (χ2v) is 11.5. The zero-order valence-corrected chi connectivity index (χ0v) is 21.6. The highest BCUT2D eigenvalue weighted by Gasteiger charge is 2.32. The van der Waals surface area contributed by atoms with Gasteiger partial charge >= 0.3 is 0 Å². The van der Waals surface area contributed by atoms with Crippen molar-refractivity contribution < 1.29 is 9.59 Å². The summed E-state index contributed by atoms with van der Waals surface area (Å²) in [4.78, 5) is 33.4. The Kier molecular flexibility index (Phi) is 8.86. The number of hydrogen-bond acceptors (Lipinski definition) is 4. The van der Waals surface area contributed by atoms with E-state index >= 15 is 0 Å². The highest BCUT2D eigenvalue weighted by Crippen LogP contribution is 2.34. The van der Waals surface area contributed by atoms with Crippen LogP contribution in [-0.4, -0.2) is 71.8 Å². The van der Waals surface area contributed by atoms with Crippen LogP contribution in [0.15, 0.2) is 11.4 Å². The Morgan fingerprint density at radius 2 is 1.88 bits per heavy atom. The average Bonchev–Trinajstić information content (AvgIpc) is 3.48. The molecule has 0 N–H and O–H groups in total. The molecule has 0 aromatic carbocycles. The lowest BCUT2D eigenvalue weighted by atomic mass is 9.87. The minimum atomic E-state index is 0.263. The number of unbranched alkanes of at least 4 members (excludes halogenated alkanes) is 1. The lowest BCUT2D eigenvalue weighted by Crippen LogP contribution is -2.47. The van der Waals surface area contributed by atoms with Crippen molar-refractivity contribution in [3.8, 4) is 0 Å². The number of nitrogens with zero attached hydrogens (tertiary/aromatic N) is 3. The Morgan fingerprint density at radius 3 is 2.61 bits per heavy atom. The van der Waals surface area contributed by atoms with Crippen molar-refractivity contribution in [3.63, 3.8) is 0 Å². The molecule has 184 valence electrons. The van der Waals surface area contributed by atoms with Gasteiger partial charge in [-0.3, -0.25) is 9.59 Å². The highest BCUT2D eigenvalue weighted by atomic mass is 32.1. The Bertz CT molecular complexity index is 786. The fraction of sp³-hybridized carbons (Fsp3) is 0.778. The van der Waals surface area contributed by atoms with E-state index < -0.39 is 0 Å². The molecule has 0 bridgehead atoms. The van der Waals surface area contributed by atoms with Crippen molar-refractivity contribution in [2.45, 2.75) is 90.0 Å². The van der Waals surface area contributed by atoms with Gasteiger partial charge in [0.05, 0.1) is 5.56 Å². The van der Waals surface area contributed by atoms with Gasteiger partial charge in [-0.2, -0.15) is 0 Å². The molecule has 0 radical (unpaired) electrons. The van der Waals surface area contributed by atoms with E-state index in [0.717, 1.165) is 76.9 Å². The molecule has 3 fully saturated rings. The fourth-order valence-electron chi connectivity index (χ4n) is 6.07. The first-order valence-corrected chi connectivity index (χ1v) is 14.3. The first-order chi connectivity index (χ1) is 16.1. The van der Waals surface area contributed by atoms with Crippen LogP contribution in [0.4, 0.5) is 0 Å². The summed E-state index contributed by atoms with van der Waals surface area (Å²) in [6.07, 6.45) is 11.2. The van der Waals surface area contributed by atoms with Crippen molar-refractivity contribution >= 4 is 23.2 Å². The van der Waals surface area contributed by atoms with Gasteiger partial charge in [0, 0.05) is 42.4 Å². The predicted octanol–water partition coefficient (Wildman–Crippen LogP) is 5.37. The number of rotatable bonds is 9. The Morgan fingerprint density at radius 1 is 1.06 bits per heavy atom. The molecule has 1 aromatic rings. The minimum Gasteiger partial charge on any atom is -0.343 e. The van der Waals surface area contributed by atoms with Crippen molar-refractivity contribution in [2.24, 2.45) is 5.92 Å². The van der Waals surface area contributed by atoms with Crippen LogP contribution in [-0.2, 0) is 4.79 Å². The zero-order chi connectivity index (χ0) is 23.2. The van der Waals surface area contributed by atoms with Crippen LogP contribution in [0.5, 0.6) is 0 Å². The summed E-state index contributed by atoms with van der Waals surface area (Å²) >= 11 is 1.79. The van der Waals surface area contributed by atoms with E-state index in [1.54, 1.807) is 11.3 Å². The van der Waals surface area contributed by atoms with E-state index in [1.807, 2.05) is 4.90 Å². The van der Waals surface area contributed by atoms with Crippen molar-refractivity contribution in [3.05, 3.63) is 21.9 Å². The smallest absolute Gasteiger partial charge is 0.254 e. The van der Waals surface area contributed by atoms with Gasteiger partial charge in [0.25, 0.3) is 5.91 Å². The van der Waals surface area contributed by atoms with E-state index in [9.17, 15) is 9.59 Å². The normalized spacial score (nSPS) is 25.2. The molecule has 1 aromatic heterocycles. The van der Waals surface area contributed by atoms with Crippen molar-refractivity contribution in [2.75, 3.05) is 39.3 Å². The Hall–Kier alpha value is -1.40. The van der Waals surface area contributed by atoms with Crippen LogP contribution in [0.25, 0.3) is 0 Å². The molecule has 2 amide bonds. The van der Waals surface area contributed by atoms with Crippen LogP contribution >= 0.6 is 11.3 Å². The van der Waals surface area contributed by atoms with Crippen LogP contribution in [0.1, 0.15) is 99.2 Å². The quantitative estimate of drug-likeness (QED) is 0.484. The summed E-state index contributed by atoms with van der Waals surface area (Å²) in [5.41, 5.74) is 0.920. The van der Waals surface area contributed by atoms with E-state index in [0.29, 0.717) is 23.8 Å². The molecule has 33 heavy (non-hydrogen) atoms. The molecular formula is C27H43N3O2S. The second kappa shape index (κ2) is 11.8. The third-order valence-electron chi connectivity index (χ3n) is 8.16. The zero-order valence-electron chi connectivity index (χ0n) is 20.8. The van der Waals surface area contributed by atoms with Gasteiger partial charge in [0.1, 0.15) is 0 Å². The minimum absolute atomic E-state index is 0.263. The molecule has 0 saturated carbocycles.